The number of amides is 1. The standard InChI is InChI=1S/C21H27N3O3/c1-15-5-4-6-16(2)21(15)26-14-19(25)23-17-7-8-20(22-13-17)27-18-9-11-24(3)12-10-18/h4-8,13,18H,9-12,14H2,1-3H3,(H,23,25). The Labute approximate surface area is 160 Å². The van der Waals surface area contributed by atoms with Crippen molar-refractivity contribution in [2.24, 2.45) is 0 Å². The molecular weight excluding hydrogens is 342 g/mol. The quantitative estimate of drug-likeness (QED) is 0.847. The molecule has 1 aliphatic rings. The van der Waals surface area contributed by atoms with Gasteiger partial charge in [-0.1, -0.05) is 18.2 Å². The number of nitrogens with zero attached hydrogens (tertiary/aromatic N) is 2. The van der Waals surface area contributed by atoms with Crippen molar-refractivity contribution in [1.82, 2.24) is 9.88 Å². The molecule has 144 valence electrons. The number of ether oxygens (including phenoxy) is 2. The fraction of sp³-hybridized carbons (Fsp3) is 0.429. The number of hydrogen-bond acceptors (Lipinski definition) is 5. The molecule has 6 heteroatoms. The smallest absolute Gasteiger partial charge is 0.262 e. The lowest BCUT2D eigenvalue weighted by molar-refractivity contribution is -0.118. The van der Waals surface area contributed by atoms with Gasteiger partial charge in [-0.15, -0.1) is 0 Å². The molecule has 1 aromatic heterocycles. The summed E-state index contributed by atoms with van der Waals surface area (Å²) in [4.78, 5) is 18.7. The number of aryl methyl sites for hydroxylation is 2. The van der Waals surface area contributed by atoms with Gasteiger partial charge in [-0.2, -0.15) is 0 Å². The second-order valence-corrected chi connectivity index (χ2v) is 7.06. The first-order valence-electron chi connectivity index (χ1n) is 9.31. The van der Waals surface area contributed by atoms with Crippen molar-refractivity contribution in [2.75, 3.05) is 32.1 Å². The predicted molar refractivity (Wildman–Crippen MR) is 105 cm³/mol. The molecule has 2 aromatic rings. The third-order valence-corrected chi connectivity index (χ3v) is 4.73. The summed E-state index contributed by atoms with van der Waals surface area (Å²) in [6.07, 6.45) is 3.83. The highest BCUT2D eigenvalue weighted by Crippen LogP contribution is 2.22. The van der Waals surface area contributed by atoms with Gasteiger partial charge in [-0.3, -0.25) is 4.79 Å². The molecule has 0 unspecified atom stereocenters. The van der Waals surface area contributed by atoms with Crippen LogP contribution in [0.4, 0.5) is 5.69 Å². The Bertz CT molecular complexity index is 748. The molecule has 1 fully saturated rings. The molecule has 2 heterocycles. The van der Waals surface area contributed by atoms with Gasteiger partial charge >= 0.3 is 0 Å². The molecule has 0 saturated carbocycles. The minimum atomic E-state index is -0.219. The normalized spacial score (nSPS) is 15.4. The topological polar surface area (TPSA) is 63.7 Å². The molecular formula is C21H27N3O3. The summed E-state index contributed by atoms with van der Waals surface area (Å²) in [5.74, 6) is 1.13. The molecule has 1 N–H and O–H groups in total. The first kappa shape index (κ1) is 19.2. The summed E-state index contributed by atoms with van der Waals surface area (Å²) in [6.45, 7) is 5.97. The second-order valence-electron chi connectivity index (χ2n) is 7.06. The van der Waals surface area contributed by atoms with Crippen LogP contribution in [0.2, 0.25) is 0 Å². The van der Waals surface area contributed by atoms with Crippen molar-refractivity contribution in [3.63, 3.8) is 0 Å². The lowest BCUT2D eigenvalue weighted by Gasteiger charge is -2.28. The molecule has 0 spiro atoms. The first-order valence-corrected chi connectivity index (χ1v) is 9.31. The van der Waals surface area contributed by atoms with Crippen molar-refractivity contribution in [1.29, 1.82) is 0 Å². The second kappa shape index (κ2) is 8.86. The highest BCUT2D eigenvalue weighted by Gasteiger charge is 2.18. The number of anilines is 1. The predicted octanol–water partition coefficient (Wildman–Crippen LogP) is 3.19. The third kappa shape index (κ3) is 5.44. The van der Waals surface area contributed by atoms with Crippen molar-refractivity contribution < 1.29 is 14.3 Å². The Morgan fingerprint density at radius 2 is 1.89 bits per heavy atom. The molecule has 0 bridgehead atoms. The molecule has 1 aromatic carbocycles. The van der Waals surface area contributed by atoms with E-state index < -0.39 is 0 Å². The van der Waals surface area contributed by atoms with Crippen LogP contribution in [0.1, 0.15) is 24.0 Å². The zero-order chi connectivity index (χ0) is 19.2. The van der Waals surface area contributed by atoms with E-state index in [0.29, 0.717) is 11.6 Å². The van der Waals surface area contributed by atoms with Crippen LogP contribution in [0.25, 0.3) is 0 Å². The molecule has 1 amide bonds. The van der Waals surface area contributed by atoms with E-state index in [4.69, 9.17) is 9.47 Å². The van der Waals surface area contributed by atoms with Crippen LogP contribution in [-0.4, -0.2) is 48.6 Å². The van der Waals surface area contributed by atoms with Gasteiger partial charge in [0.15, 0.2) is 6.61 Å². The molecule has 0 radical (unpaired) electrons. The van der Waals surface area contributed by atoms with Crippen LogP contribution >= 0.6 is 0 Å². The Hall–Kier alpha value is -2.60. The lowest BCUT2D eigenvalue weighted by Crippen LogP contribution is -2.35. The number of benzene rings is 1. The summed E-state index contributed by atoms with van der Waals surface area (Å²) in [6, 6.07) is 9.49. The van der Waals surface area contributed by atoms with Gasteiger partial charge in [0.25, 0.3) is 5.91 Å². The zero-order valence-corrected chi connectivity index (χ0v) is 16.2. The average Bonchev–Trinajstić information content (AvgIpc) is 2.65. The summed E-state index contributed by atoms with van der Waals surface area (Å²) in [7, 11) is 2.12. The summed E-state index contributed by atoms with van der Waals surface area (Å²) >= 11 is 0. The number of aromatic nitrogens is 1. The largest absolute Gasteiger partial charge is 0.483 e. The van der Waals surface area contributed by atoms with Crippen molar-refractivity contribution >= 4 is 11.6 Å². The molecule has 3 rings (SSSR count). The van der Waals surface area contributed by atoms with Gasteiger partial charge in [-0.25, -0.2) is 4.98 Å². The van der Waals surface area contributed by atoms with E-state index in [1.807, 2.05) is 32.0 Å². The highest BCUT2D eigenvalue weighted by molar-refractivity contribution is 5.91. The summed E-state index contributed by atoms with van der Waals surface area (Å²) in [5, 5.41) is 2.80. The Kier molecular flexibility index (Phi) is 6.29. The van der Waals surface area contributed by atoms with Crippen molar-refractivity contribution in [2.45, 2.75) is 32.8 Å². The van der Waals surface area contributed by atoms with E-state index in [1.54, 1.807) is 18.3 Å². The van der Waals surface area contributed by atoms with Gasteiger partial charge in [0.05, 0.1) is 11.9 Å². The Balaban J connectivity index is 1.48. The zero-order valence-electron chi connectivity index (χ0n) is 16.2. The van der Waals surface area contributed by atoms with Crippen LogP contribution in [0, 0.1) is 13.8 Å². The van der Waals surface area contributed by atoms with E-state index in [0.717, 1.165) is 42.8 Å². The van der Waals surface area contributed by atoms with Gasteiger partial charge in [0, 0.05) is 19.2 Å². The average molecular weight is 369 g/mol. The van der Waals surface area contributed by atoms with Crippen molar-refractivity contribution in [3.05, 3.63) is 47.7 Å². The number of pyridine rings is 1. The number of carbonyl (C=O) groups is 1. The Morgan fingerprint density at radius 3 is 2.52 bits per heavy atom. The van der Waals surface area contributed by atoms with E-state index in [1.165, 1.54) is 0 Å². The van der Waals surface area contributed by atoms with Crippen LogP contribution < -0.4 is 14.8 Å². The Morgan fingerprint density at radius 1 is 1.19 bits per heavy atom. The molecule has 6 nitrogen and oxygen atoms in total. The minimum Gasteiger partial charge on any atom is -0.483 e. The third-order valence-electron chi connectivity index (χ3n) is 4.73. The van der Waals surface area contributed by atoms with Crippen LogP contribution in [-0.2, 0) is 4.79 Å². The summed E-state index contributed by atoms with van der Waals surface area (Å²) < 4.78 is 11.6. The summed E-state index contributed by atoms with van der Waals surface area (Å²) in [5.41, 5.74) is 2.65. The van der Waals surface area contributed by atoms with Crippen LogP contribution in [0.3, 0.4) is 0 Å². The number of nitrogens with one attached hydrogen (secondary N) is 1. The number of carbonyl (C=O) groups excluding carboxylic acids is 1. The van der Waals surface area contributed by atoms with Gasteiger partial charge < -0.3 is 19.7 Å². The van der Waals surface area contributed by atoms with E-state index in [-0.39, 0.29) is 18.6 Å². The molecule has 1 saturated heterocycles. The van der Waals surface area contributed by atoms with E-state index in [2.05, 4.69) is 22.2 Å². The van der Waals surface area contributed by atoms with E-state index >= 15 is 0 Å². The van der Waals surface area contributed by atoms with Crippen LogP contribution in [0.15, 0.2) is 36.5 Å². The maximum atomic E-state index is 12.1. The number of rotatable bonds is 6. The van der Waals surface area contributed by atoms with Crippen LogP contribution in [0.5, 0.6) is 11.6 Å². The minimum absolute atomic E-state index is 0.0421. The lowest BCUT2D eigenvalue weighted by atomic mass is 10.1. The van der Waals surface area contributed by atoms with Gasteiger partial charge in [0.2, 0.25) is 5.88 Å². The first-order chi connectivity index (χ1) is 13.0. The monoisotopic (exact) mass is 369 g/mol. The SMILES string of the molecule is Cc1cccc(C)c1OCC(=O)Nc1ccc(OC2CCN(C)CC2)nc1. The highest BCUT2D eigenvalue weighted by atomic mass is 16.5. The maximum Gasteiger partial charge on any atom is 0.262 e. The number of hydrogen-bond donors (Lipinski definition) is 1. The van der Waals surface area contributed by atoms with E-state index in [9.17, 15) is 4.79 Å². The van der Waals surface area contributed by atoms with Gasteiger partial charge in [-0.05, 0) is 50.9 Å². The fourth-order valence-electron chi connectivity index (χ4n) is 3.16. The fourth-order valence-corrected chi connectivity index (χ4v) is 3.16. The number of piperidine rings is 1. The molecule has 0 aliphatic carbocycles. The maximum absolute atomic E-state index is 12.1. The molecule has 0 atom stereocenters. The molecule has 27 heavy (non-hydrogen) atoms. The number of para-hydroxylation sites is 1. The van der Waals surface area contributed by atoms with Crippen molar-refractivity contribution in [3.8, 4) is 11.6 Å². The number of likely N-dealkylation sites (tertiary alicyclic amines) is 1. The molecule has 1 aliphatic heterocycles. The van der Waals surface area contributed by atoms with Gasteiger partial charge in [0.1, 0.15) is 11.9 Å².